The minimum absolute atomic E-state index is 0.185. The minimum atomic E-state index is 0.185. The molecule has 18 heavy (non-hydrogen) atoms. The molecule has 0 saturated carbocycles. The van der Waals surface area contributed by atoms with Crippen LogP contribution in [0.2, 0.25) is 0 Å². The molecule has 5 heteroatoms. The summed E-state index contributed by atoms with van der Waals surface area (Å²) in [5.41, 5.74) is 2.46. The summed E-state index contributed by atoms with van der Waals surface area (Å²) in [4.78, 5) is 2.31. The smallest absolute Gasteiger partial charge is 0.0739 e. The molecule has 0 aliphatic carbocycles. The summed E-state index contributed by atoms with van der Waals surface area (Å²) in [7, 11) is 4.13. The molecule has 0 amide bonds. The summed E-state index contributed by atoms with van der Waals surface area (Å²) in [6.45, 7) is 11.5. The van der Waals surface area contributed by atoms with Crippen LogP contribution in [0.4, 0.5) is 0 Å². The third kappa shape index (κ3) is 4.71. The van der Waals surface area contributed by atoms with Gasteiger partial charge in [-0.3, -0.25) is 9.58 Å². The zero-order valence-corrected chi connectivity index (χ0v) is 13.9. The first kappa shape index (κ1) is 15.7. The van der Waals surface area contributed by atoms with E-state index in [1.807, 2.05) is 18.7 Å². The Labute approximate surface area is 119 Å². The molecule has 1 rings (SSSR count). The van der Waals surface area contributed by atoms with E-state index in [0.29, 0.717) is 0 Å². The van der Waals surface area contributed by atoms with Crippen LogP contribution in [0.25, 0.3) is 0 Å². The van der Waals surface area contributed by atoms with Gasteiger partial charge in [0.15, 0.2) is 0 Å². The predicted octanol–water partition coefficient (Wildman–Crippen LogP) is 2.31. The Morgan fingerprint density at radius 2 is 2.00 bits per heavy atom. The van der Waals surface area contributed by atoms with Crippen LogP contribution in [0, 0.1) is 6.92 Å². The van der Waals surface area contributed by atoms with Gasteiger partial charge in [-0.25, -0.2) is 0 Å². The first-order chi connectivity index (χ1) is 8.20. The van der Waals surface area contributed by atoms with Gasteiger partial charge in [0, 0.05) is 32.2 Å². The zero-order chi connectivity index (χ0) is 13.9. The van der Waals surface area contributed by atoms with E-state index >= 15 is 0 Å². The fourth-order valence-corrected chi connectivity index (χ4v) is 2.27. The minimum Gasteiger partial charge on any atom is -0.311 e. The molecule has 1 heterocycles. The van der Waals surface area contributed by atoms with E-state index in [1.165, 1.54) is 5.69 Å². The van der Waals surface area contributed by atoms with Gasteiger partial charge in [-0.1, -0.05) is 0 Å². The molecule has 0 fully saturated rings. The highest BCUT2D eigenvalue weighted by Gasteiger charge is 2.13. The number of halogens is 1. The van der Waals surface area contributed by atoms with Crippen LogP contribution in [0.15, 0.2) is 4.47 Å². The summed E-state index contributed by atoms with van der Waals surface area (Å²) < 4.78 is 3.08. The van der Waals surface area contributed by atoms with E-state index < -0.39 is 0 Å². The van der Waals surface area contributed by atoms with Gasteiger partial charge in [0.05, 0.1) is 15.9 Å². The lowest BCUT2D eigenvalue weighted by atomic mass is 10.1. The Kier molecular flexibility index (Phi) is 5.37. The fraction of sp³-hybridized carbons (Fsp3) is 0.769. The molecule has 0 unspecified atom stereocenters. The highest BCUT2D eigenvalue weighted by atomic mass is 79.9. The van der Waals surface area contributed by atoms with Crippen LogP contribution < -0.4 is 5.32 Å². The van der Waals surface area contributed by atoms with Crippen molar-refractivity contribution < 1.29 is 0 Å². The number of rotatable bonds is 5. The monoisotopic (exact) mass is 316 g/mol. The highest BCUT2D eigenvalue weighted by molar-refractivity contribution is 9.10. The first-order valence-corrected chi connectivity index (χ1v) is 7.11. The SMILES string of the molecule is Cc1nn(C)c(CN(C)CCNC(C)(C)C)c1Br. The number of hydrogen-bond acceptors (Lipinski definition) is 3. The van der Waals surface area contributed by atoms with Crippen molar-refractivity contribution >= 4 is 15.9 Å². The van der Waals surface area contributed by atoms with Gasteiger partial charge in [-0.05, 0) is 50.7 Å². The van der Waals surface area contributed by atoms with Crippen LogP contribution in [0.3, 0.4) is 0 Å². The van der Waals surface area contributed by atoms with Crippen LogP contribution in [0.5, 0.6) is 0 Å². The zero-order valence-electron chi connectivity index (χ0n) is 12.3. The molecule has 0 aliphatic rings. The lowest BCUT2D eigenvalue weighted by molar-refractivity contribution is 0.296. The van der Waals surface area contributed by atoms with Crippen LogP contribution >= 0.6 is 15.9 Å². The van der Waals surface area contributed by atoms with Gasteiger partial charge < -0.3 is 5.32 Å². The van der Waals surface area contributed by atoms with Crippen molar-refractivity contribution in [1.29, 1.82) is 0 Å². The number of aromatic nitrogens is 2. The molecule has 0 aliphatic heterocycles. The Morgan fingerprint density at radius 3 is 2.44 bits per heavy atom. The van der Waals surface area contributed by atoms with Crippen molar-refractivity contribution in [2.75, 3.05) is 20.1 Å². The standard InChI is InChI=1S/C13H25BrN4/c1-10-12(14)11(18(6)16-10)9-17(5)8-7-15-13(2,3)4/h15H,7-9H2,1-6H3. The highest BCUT2D eigenvalue weighted by Crippen LogP contribution is 2.21. The van der Waals surface area contributed by atoms with Crippen molar-refractivity contribution in [2.24, 2.45) is 7.05 Å². The normalized spacial score (nSPS) is 12.4. The van der Waals surface area contributed by atoms with Crippen molar-refractivity contribution in [3.8, 4) is 0 Å². The molecule has 4 nitrogen and oxygen atoms in total. The topological polar surface area (TPSA) is 33.1 Å². The van der Waals surface area contributed by atoms with E-state index in [-0.39, 0.29) is 5.54 Å². The predicted molar refractivity (Wildman–Crippen MR) is 79.7 cm³/mol. The van der Waals surface area contributed by atoms with Crippen molar-refractivity contribution in [1.82, 2.24) is 20.0 Å². The van der Waals surface area contributed by atoms with E-state index in [2.05, 4.69) is 59.1 Å². The van der Waals surface area contributed by atoms with Crippen LogP contribution in [0.1, 0.15) is 32.2 Å². The summed E-state index contributed by atoms with van der Waals surface area (Å²) >= 11 is 3.60. The second-order valence-electron chi connectivity index (χ2n) is 5.88. The Hall–Kier alpha value is -0.390. The molecular formula is C13H25BrN4. The first-order valence-electron chi connectivity index (χ1n) is 6.32. The molecular weight excluding hydrogens is 292 g/mol. The molecule has 0 spiro atoms. The Bertz CT molecular complexity index is 392. The van der Waals surface area contributed by atoms with Crippen LogP contribution in [-0.2, 0) is 13.6 Å². The quantitative estimate of drug-likeness (QED) is 0.905. The molecule has 0 bridgehead atoms. The maximum absolute atomic E-state index is 4.41. The Balaban J connectivity index is 2.47. The number of likely N-dealkylation sites (N-methyl/N-ethyl adjacent to an activating group) is 1. The van der Waals surface area contributed by atoms with E-state index in [4.69, 9.17) is 0 Å². The van der Waals surface area contributed by atoms with Crippen molar-refractivity contribution in [3.05, 3.63) is 15.9 Å². The third-order valence-electron chi connectivity index (χ3n) is 2.83. The molecule has 0 saturated heterocycles. The number of nitrogens with one attached hydrogen (secondary N) is 1. The Morgan fingerprint density at radius 1 is 1.39 bits per heavy atom. The van der Waals surface area contributed by atoms with E-state index in [0.717, 1.165) is 29.8 Å². The molecule has 1 aromatic heterocycles. The van der Waals surface area contributed by atoms with E-state index in [9.17, 15) is 0 Å². The molecule has 0 atom stereocenters. The average molecular weight is 317 g/mol. The largest absolute Gasteiger partial charge is 0.311 e. The molecule has 0 aromatic carbocycles. The summed E-state index contributed by atoms with van der Waals surface area (Å²) in [6.07, 6.45) is 0. The molecule has 0 radical (unpaired) electrons. The lowest BCUT2D eigenvalue weighted by Crippen LogP contribution is -2.40. The van der Waals surface area contributed by atoms with Gasteiger partial charge in [0.2, 0.25) is 0 Å². The fourth-order valence-electron chi connectivity index (χ4n) is 1.81. The van der Waals surface area contributed by atoms with E-state index in [1.54, 1.807) is 0 Å². The lowest BCUT2D eigenvalue weighted by Gasteiger charge is -2.23. The van der Waals surface area contributed by atoms with Gasteiger partial charge >= 0.3 is 0 Å². The molecule has 1 N–H and O–H groups in total. The maximum atomic E-state index is 4.41. The number of aryl methyl sites for hydroxylation is 2. The molecule has 1 aromatic rings. The average Bonchev–Trinajstić information content (AvgIpc) is 2.43. The third-order valence-corrected chi connectivity index (χ3v) is 3.86. The summed E-state index contributed by atoms with van der Waals surface area (Å²) in [5.74, 6) is 0. The van der Waals surface area contributed by atoms with Gasteiger partial charge in [-0.15, -0.1) is 0 Å². The summed E-state index contributed by atoms with van der Waals surface area (Å²) in [5, 5.41) is 7.91. The van der Waals surface area contributed by atoms with Gasteiger partial charge in [0.1, 0.15) is 0 Å². The van der Waals surface area contributed by atoms with Crippen molar-refractivity contribution in [3.63, 3.8) is 0 Å². The molecule has 104 valence electrons. The number of hydrogen-bond donors (Lipinski definition) is 1. The number of nitrogens with zero attached hydrogens (tertiary/aromatic N) is 3. The second-order valence-corrected chi connectivity index (χ2v) is 6.68. The van der Waals surface area contributed by atoms with Crippen LogP contribution in [-0.4, -0.2) is 40.4 Å². The van der Waals surface area contributed by atoms with Gasteiger partial charge in [-0.2, -0.15) is 5.10 Å². The van der Waals surface area contributed by atoms with Gasteiger partial charge in [0.25, 0.3) is 0 Å². The second kappa shape index (κ2) is 6.17. The maximum Gasteiger partial charge on any atom is 0.0739 e. The van der Waals surface area contributed by atoms with Crippen molar-refractivity contribution in [2.45, 2.75) is 39.8 Å². The summed E-state index contributed by atoms with van der Waals surface area (Å²) in [6, 6.07) is 0.